The van der Waals surface area contributed by atoms with Crippen LogP contribution in [-0.2, 0) is 9.84 Å². The van der Waals surface area contributed by atoms with Crippen molar-refractivity contribution in [2.75, 3.05) is 24.2 Å². The molecular formula is C11H15NO2S. The van der Waals surface area contributed by atoms with E-state index in [9.17, 15) is 8.42 Å². The van der Waals surface area contributed by atoms with Crippen molar-refractivity contribution in [1.29, 1.82) is 0 Å². The van der Waals surface area contributed by atoms with Crippen LogP contribution in [0.5, 0.6) is 0 Å². The number of nitrogens with zero attached hydrogens (tertiary/aromatic N) is 1. The first kappa shape index (κ1) is 10.5. The minimum atomic E-state index is -3.11. The Labute approximate surface area is 90.6 Å². The van der Waals surface area contributed by atoms with Crippen LogP contribution in [0.3, 0.4) is 0 Å². The molecule has 2 rings (SSSR count). The minimum absolute atomic E-state index is 0.451. The monoisotopic (exact) mass is 225 g/mol. The highest BCUT2D eigenvalue weighted by Gasteiger charge is 2.19. The average molecular weight is 225 g/mol. The molecule has 4 heteroatoms. The van der Waals surface area contributed by atoms with Crippen LogP contribution in [0.25, 0.3) is 0 Å². The molecule has 1 saturated heterocycles. The second-order valence-electron chi connectivity index (χ2n) is 3.93. The van der Waals surface area contributed by atoms with Gasteiger partial charge in [0.05, 0.1) is 10.6 Å². The molecule has 0 amide bonds. The zero-order chi connectivity index (χ0) is 10.9. The van der Waals surface area contributed by atoms with E-state index in [-0.39, 0.29) is 0 Å². The summed E-state index contributed by atoms with van der Waals surface area (Å²) in [5, 5.41) is 0. The lowest BCUT2D eigenvalue weighted by molar-refractivity contribution is 0.601. The molecule has 0 unspecified atom stereocenters. The van der Waals surface area contributed by atoms with Gasteiger partial charge in [-0.1, -0.05) is 12.1 Å². The Morgan fingerprint density at radius 1 is 1.13 bits per heavy atom. The maximum absolute atomic E-state index is 11.6. The van der Waals surface area contributed by atoms with Crippen LogP contribution in [-0.4, -0.2) is 27.8 Å². The summed E-state index contributed by atoms with van der Waals surface area (Å²) in [6.45, 7) is 1.93. The largest absolute Gasteiger partial charge is 0.370 e. The van der Waals surface area contributed by atoms with Crippen molar-refractivity contribution in [3.05, 3.63) is 24.3 Å². The highest BCUT2D eigenvalue weighted by molar-refractivity contribution is 7.90. The van der Waals surface area contributed by atoms with Gasteiger partial charge in [-0.15, -0.1) is 0 Å². The van der Waals surface area contributed by atoms with Gasteiger partial charge in [0.15, 0.2) is 9.84 Å². The minimum Gasteiger partial charge on any atom is -0.370 e. The Hall–Kier alpha value is -1.03. The second-order valence-corrected chi connectivity index (χ2v) is 5.92. The van der Waals surface area contributed by atoms with Gasteiger partial charge in [-0.3, -0.25) is 0 Å². The van der Waals surface area contributed by atoms with Gasteiger partial charge in [0, 0.05) is 19.3 Å². The number of sulfone groups is 1. The summed E-state index contributed by atoms with van der Waals surface area (Å²) in [5.41, 5.74) is 0.859. The lowest BCUT2D eigenvalue weighted by Gasteiger charge is -2.20. The summed E-state index contributed by atoms with van der Waals surface area (Å²) in [6, 6.07) is 7.24. The Balaban J connectivity index is 2.46. The number of anilines is 1. The first-order valence-corrected chi connectivity index (χ1v) is 7.02. The van der Waals surface area contributed by atoms with E-state index in [1.807, 2.05) is 12.1 Å². The fourth-order valence-electron chi connectivity index (χ4n) is 1.99. The van der Waals surface area contributed by atoms with Crippen LogP contribution in [0.2, 0.25) is 0 Å². The molecule has 15 heavy (non-hydrogen) atoms. The summed E-state index contributed by atoms with van der Waals surface area (Å²) in [7, 11) is -3.11. The van der Waals surface area contributed by atoms with Crippen LogP contribution >= 0.6 is 0 Å². The topological polar surface area (TPSA) is 37.4 Å². The predicted octanol–water partition coefficient (Wildman–Crippen LogP) is 1.69. The molecule has 0 bridgehead atoms. The van der Waals surface area contributed by atoms with Crippen molar-refractivity contribution < 1.29 is 8.42 Å². The maximum Gasteiger partial charge on any atom is 0.177 e. The van der Waals surface area contributed by atoms with Crippen molar-refractivity contribution in [3.63, 3.8) is 0 Å². The lowest BCUT2D eigenvalue weighted by atomic mass is 10.3. The molecule has 3 nitrogen and oxygen atoms in total. The molecule has 1 heterocycles. The van der Waals surface area contributed by atoms with E-state index in [0.717, 1.165) is 31.6 Å². The van der Waals surface area contributed by atoms with E-state index in [4.69, 9.17) is 0 Å². The number of rotatable bonds is 2. The Morgan fingerprint density at radius 2 is 1.73 bits per heavy atom. The number of hydrogen-bond donors (Lipinski definition) is 0. The van der Waals surface area contributed by atoms with Gasteiger partial charge in [-0.2, -0.15) is 0 Å². The smallest absolute Gasteiger partial charge is 0.177 e. The fraction of sp³-hybridized carbons (Fsp3) is 0.455. The van der Waals surface area contributed by atoms with E-state index in [1.54, 1.807) is 12.1 Å². The van der Waals surface area contributed by atoms with Crippen LogP contribution in [0.1, 0.15) is 12.8 Å². The predicted molar refractivity (Wildman–Crippen MR) is 61.0 cm³/mol. The van der Waals surface area contributed by atoms with Gasteiger partial charge in [0.2, 0.25) is 0 Å². The molecule has 0 aliphatic carbocycles. The Bertz CT molecular complexity index is 447. The quantitative estimate of drug-likeness (QED) is 0.768. The van der Waals surface area contributed by atoms with Crippen LogP contribution in [0, 0.1) is 0 Å². The molecule has 0 aromatic heterocycles. The molecule has 82 valence electrons. The Kier molecular flexibility index (Phi) is 2.69. The third kappa shape index (κ3) is 2.15. The van der Waals surface area contributed by atoms with Gasteiger partial charge in [-0.25, -0.2) is 8.42 Å². The maximum atomic E-state index is 11.6. The third-order valence-electron chi connectivity index (χ3n) is 2.71. The molecule has 0 N–H and O–H groups in total. The summed E-state index contributed by atoms with van der Waals surface area (Å²) in [5.74, 6) is 0. The second kappa shape index (κ2) is 3.85. The van der Waals surface area contributed by atoms with Crippen molar-refractivity contribution >= 4 is 15.5 Å². The van der Waals surface area contributed by atoms with Gasteiger partial charge in [0.1, 0.15) is 0 Å². The molecule has 1 aromatic rings. The molecule has 0 radical (unpaired) electrons. The van der Waals surface area contributed by atoms with Gasteiger partial charge >= 0.3 is 0 Å². The average Bonchev–Trinajstić information content (AvgIpc) is 2.69. The number of para-hydroxylation sites is 1. The molecule has 1 fully saturated rings. The first-order valence-electron chi connectivity index (χ1n) is 5.13. The van der Waals surface area contributed by atoms with E-state index >= 15 is 0 Å². The summed E-state index contributed by atoms with van der Waals surface area (Å²) in [6.07, 6.45) is 3.57. The van der Waals surface area contributed by atoms with Crippen LogP contribution in [0.4, 0.5) is 5.69 Å². The molecule has 1 aromatic carbocycles. The van der Waals surface area contributed by atoms with Crippen molar-refractivity contribution in [2.45, 2.75) is 17.7 Å². The zero-order valence-corrected chi connectivity index (χ0v) is 9.63. The molecule has 0 atom stereocenters. The molecule has 0 spiro atoms. The standard InChI is InChI=1S/C11H15NO2S/c1-15(13,14)11-7-3-2-6-10(11)12-8-4-5-9-12/h2-3,6-7H,4-5,8-9H2,1H3. The van der Waals surface area contributed by atoms with E-state index in [0.29, 0.717) is 4.90 Å². The van der Waals surface area contributed by atoms with Gasteiger partial charge < -0.3 is 4.90 Å². The lowest BCUT2D eigenvalue weighted by Crippen LogP contribution is -2.20. The van der Waals surface area contributed by atoms with Crippen molar-refractivity contribution in [1.82, 2.24) is 0 Å². The zero-order valence-electron chi connectivity index (χ0n) is 8.81. The van der Waals surface area contributed by atoms with E-state index < -0.39 is 9.84 Å². The van der Waals surface area contributed by atoms with E-state index in [2.05, 4.69) is 4.90 Å². The van der Waals surface area contributed by atoms with Gasteiger partial charge in [0.25, 0.3) is 0 Å². The molecular weight excluding hydrogens is 210 g/mol. The van der Waals surface area contributed by atoms with Crippen molar-refractivity contribution in [3.8, 4) is 0 Å². The number of hydrogen-bond acceptors (Lipinski definition) is 3. The molecule has 0 saturated carbocycles. The molecule has 1 aliphatic rings. The first-order chi connectivity index (χ1) is 7.09. The summed E-state index contributed by atoms with van der Waals surface area (Å²) < 4.78 is 23.2. The number of benzene rings is 1. The Morgan fingerprint density at radius 3 is 2.33 bits per heavy atom. The van der Waals surface area contributed by atoms with Crippen LogP contribution < -0.4 is 4.90 Å². The molecule has 1 aliphatic heterocycles. The van der Waals surface area contributed by atoms with Crippen LogP contribution in [0.15, 0.2) is 29.2 Å². The fourth-order valence-corrected chi connectivity index (χ4v) is 2.89. The van der Waals surface area contributed by atoms with E-state index in [1.165, 1.54) is 6.26 Å². The SMILES string of the molecule is CS(=O)(=O)c1ccccc1N1CCCC1. The van der Waals surface area contributed by atoms with Crippen molar-refractivity contribution in [2.24, 2.45) is 0 Å². The summed E-state index contributed by atoms with van der Waals surface area (Å²) >= 11 is 0. The summed E-state index contributed by atoms with van der Waals surface area (Å²) in [4.78, 5) is 2.60. The highest BCUT2D eigenvalue weighted by Crippen LogP contribution is 2.27. The third-order valence-corrected chi connectivity index (χ3v) is 3.86. The normalized spacial score (nSPS) is 17.0. The highest BCUT2D eigenvalue weighted by atomic mass is 32.2. The van der Waals surface area contributed by atoms with Gasteiger partial charge in [-0.05, 0) is 25.0 Å².